The summed E-state index contributed by atoms with van der Waals surface area (Å²) in [6.45, 7) is 11.5. The van der Waals surface area contributed by atoms with E-state index in [2.05, 4.69) is 16.8 Å². The van der Waals surface area contributed by atoms with Crippen LogP contribution in [0.1, 0.15) is 49.4 Å². The number of hydrazine groups is 1. The van der Waals surface area contributed by atoms with Crippen molar-refractivity contribution in [3.8, 4) is 0 Å². The Kier molecular flexibility index (Phi) is 8.07. The molecule has 12 heteroatoms. The van der Waals surface area contributed by atoms with Gasteiger partial charge in [0.25, 0.3) is 16.0 Å². The summed E-state index contributed by atoms with van der Waals surface area (Å²) in [6, 6.07) is -0.133. The number of carbonyl (C=O) groups excluding carboxylic acids is 2. The summed E-state index contributed by atoms with van der Waals surface area (Å²) in [6.07, 6.45) is 2.60. The van der Waals surface area contributed by atoms with Gasteiger partial charge in [0, 0.05) is 38.2 Å². The summed E-state index contributed by atoms with van der Waals surface area (Å²) in [5.74, 6) is -0.376. The number of aromatic amines is 1. The Morgan fingerprint density at radius 2 is 2.03 bits per heavy atom. The summed E-state index contributed by atoms with van der Waals surface area (Å²) in [5.41, 5.74) is 0.994. The number of aromatic nitrogens is 2. The van der Waals surface area contributed by atoms with E-state index < -0.39 is 21.8 Å². The molecule has 2 heterocycles. The van der Waals surface area contributed by atoms with Gasteiger partial charge in [0.05, 0.1) is 25.1 Å². The van der Waals surface area contributed by atoms with Crippen LogP contribution in [0.25, 0.3) is 0 Å². The molecule has 0 saturated carbocycles. The molecule has 0 spiro atoms. The lowest BCUT2D eigenvalue weighted by molar-refractivity contribution is 0.00518. The second-order valence-electron chi connectivity index (χ2n) is 8.74. The van der Waals surface area contributed by atoms with E-state index in [4.69, 9.17) is 8.92 Å². The number of amides is 2. The number of carbonyl (C=O) groups is 2. The Balaban J connectivity index is 2.19. The highest BCUT2D eigenvalue weighted by Gasteiger charge is 2.35. The van der Waals surface area contributed by atoms with Crippen LogP contribution in [-0.2, 0) is 32.0 Å². The van der Waals surface area contributed by atoms with E-state index >= 15 is 0 Å². The minimum atomic E-state index is -3.59. The lowest BCUT2D eigenvalue weighted by Gasteiger charge is -2.35. The van der Waals surface area contributed by atoms with E-state index in [0.29, 0.717) is 18.5 Å². The zero-order valence-electron chi connectivity index (χ0n) is 19.5. The molecule has 0 radical (unpaired) electrons. The predicted molar refractivity (Wildman–Crippen MR) is 118 cm³/mol. The minimum absolute atomic E-state index is 0.116. The molecule has 180 valence electrons. The van der Waals surface area contributed by atoms with Gasteiger partial charge in [-0.05, 0) is 27.7 Å². The maximum atomic E-state index is 13.2. The summed E-state index contributed by atoms with van der Waals surface area (Å²) in [7, 11) is -2.02. The highest BCUT2D eigenvalue weighted by atomic mass is 32.2. The fraction of sp³-hybridized carbons (Fsp3) is 0.650. The minimum Gasteiger partial charge on any atom is -0.444 e. The van der Waals surface area contributed by atoms with Gasteiger partial charge in [-0.2, -0.15) is 13.5 Å². The Labute approximate surface area is 189 Å². The van der Waals surface area contributed by atoms with Gasteiger partial charge in [0.1, 0.15) is 11.3 Å². The molecule has 1 N–H and O–H groups in total. The predicted octanol–water partition coefficient (Wildman–Crippen LogP) is 1.54. The van der Waals surface area contributed by atoms with E-state index in [1.54, 1.807) is 43.8 Å². The second kappa shape index (κ2) is 10.0. The summed E-state index contributed by atoms with van der Waals surface area (Å²) >= 11 is 0. The highest BCUT2D eigenvalue weighted by molar-refractivity contribution is 7.85. The van der Waals surface area contributed by atoms with Crippen LogP contribution in [0.3, 0.4) is 0 Å². The van der Waals surface area contributed by atoms with Crippen molar-refractivity contribution in [2.75, 3.05) is 33.0 Å². The topological polar surface area (TPSA) is 125 Å². The zero-order chi connectivity index (χ0) is 24.3. The molecule has 1 aromatic rings. The number of H-pyrrole nitrogens is 1. The first-order valence-electron chi connectivity index (χ1n) is 10.3. The average molecular weight is 472 g/mol. The molecular formula is C20H33N5O6S. The SMILES string of the molecule is C=CCN(CCOS(C)(=O)=O)N(C)C(=O)c1[nH]nc2c1CN(C(=O)OC(C)(C)C)[C@H](C)C2. The quantitative estimate of drug-likeness (QED) is 0.344. The van der Waals surface area contributed by atoms with Crippen molar-refractivity contribution in [2.45, 2.75) is 52.3 Å². The van der Waals surface area contributed by atoms with Gasteiger partial charge in [-0.15, -0.1) is 6.58 Å². The second-order valence-corrected chi connectivity index (χ2v) is 10.4. The molecule has 2 amide bonds. The normalized spacial score (nSPS) is 16.6. The van der Waals surface area contributed by atoms with Crippen LogP contribution >= 0.6 is 0 Å². The molecule has 0 aliphatic carbocycles. The third-order valence-electron chi connectivity index (χ3n) is 4.85. The van der Waals surface area contributed by atoms with Crippen LogP contribution in [0.15, 0.2) is 12.7 Å². The first-order valence-corrected chi connectivity index (χ1v) is 12.1. The summed E-state index contributed by atoms with van der Waals surface area (Å²) in [5, 5.41) is 10.0. The number of rotatable bonds is 8. The van der Waals surface area contributed by atoms with Gasteiger partial charge in [0.2, 0.25) is 0 Å². The number of hydrogen-bond donors (Lipinski definition) is 1. The molecule has 0 aromatic carbocycles. The van der Waals surface area contributed by atoms with Crippen LogP contribution in [-0.4, -0.2) is 90.2 Å². The highest BCUT2D eigenvalue weighted by Crippen LogP contribution is 2.27. The molecule has 2 rings (SSSR count). The third kappa shape index (κ3) is 6.78. The van der Waals surface area contributed by atoms with Gasteiger partial charge in [0.15, 0.2) is 0 Å². The van der Waals surface area contributed by atoms with Gasteiger partial charge in [-0.3, -0.25) is 19.1 Å². The van der Waals surface area contributed by atoms with E-state index in [1.165, 1.54) is 5.01 Å². The van der Waals surface area contributed by atoms with Gasteiger partial charge < -0.3 is 9.64 Å². The lowest BCUT2D eigenvalue weighted by Crippen LogP contribution is -2.47. The van der Waals surface area contributed by atoms with E-state index in [0.717, 1.165) is 11.9 Å². The van der Waals surface area contributed by atoms with Gasteiger partial charge in [-0.25, -0.2) is 9.80 Å². The molecule has 1 aliphatic rings. The van der Waals surface area contributed by atoms with Crippen LogP contribution in [0, 0.1) is 0 Å². The van der Waals surface area contributed by atoms with Crippen molar-refractivity contribution < 1.29 is 26.9 Å². The number of fused-ring (bicyclic) bond motifs is 1. The average Bonchev–Trinajstić information content (AvgIpc) is 3.05. The molecule has 32 heavy (non-hydrogen) atoms. The van der Waals surface area contributed by atoms with E-state index in [1.807, 2.05) is 6.92 Å². The smallest absolute Gasteiger partial charge is 0.410 e. The molecular weight excluding hydrogens is 438 g/mol. The lowest BCUT2D eigenvalue weighted by atomic mass is 10.00. The molecule has 0 bridgehead atoms. The van der Waals surface area contributed by atoms with Crippen LogP contribution in [0.4, 0.5) is 4.79 Å². The maximum absolute atomic E-state index is 13.2. The monoisotopic (exact) mass is 471 g/mol. The molecule has 0 unspecified atom stereocenters. The zero-order valence-corrected chi connectivity index (χ0v) is 20.4. The molecule has 0 fully saturated rings. The Bertz CT molecular complexity index is 952. The Hall–Kier alpha value is -2.44. The number of nitrogens with one attached hydrogen (secondary N) is 1. The van der Waals surface area contributed by atoms with Gasteiger partial charge >= 0.3 is 6.09 Å². The van der Waals surface area contributed by atoms with Crippen molar-refractivity contribution in [1.82, 2.24) is 25.1 Å². The Morgan fingerprint density at radius 3 is 2.59 bits per heavy atom. The number of ether oxygens (including phenoxy) is 1. The van der Waals surface area contributed by atoms with E-state index in [9.17, 15) is 18.0 Å². The number of hydrogen-bond acceptors (Lipinski definition) is 8. The molecule has 1 aromatic heterocycles. The van der Waals surface area contributed by atoms with Gasteiger partial charge in [-0.1, -0.05) is 6.08 Å². The van der Waals surface area contributed by atoms with Crippen molar-refractivity contribution >= 4 is 22.1 Å². The standard InChI is InChI=1S/C20H33N5O6S/c1-8-9-24(10-11-30-32(7,28)29)23(6)18(26)17-15-13-25(19(27)31-20(3,4)5)14(2)12-16(15)21-22-17/h8,14H,1,9-13H2,2-7H3,(H,21,22)/t14-/m1/s1. The molecule has 1 atom stereocenters. The first kappa shape index (κ1) is 25.8. The van der Waals surface area contributed by atoms with Crippen molar-refractivity contribution in [3.05, 3.63) is 29.6 Å². The largest absolute Gasteiger partial charge is 0.444 e. The summed E-state index contributed by atoms with van der Waals surface area (Å²) in [4.78, 5) is 27.5. The molecule has 0 saturated heterocycles. The fourth-order valence-electron chi connectivity index (χ4n) is 3.30. The third-order valence-corrected chi connectivity index (χ3v) is 5.44. The molecule has 11 nitrogen and oxygen atoms in total. The van der Waals surface area contributed by atoms with Crippen molar-refractivity contribution in [1.29, 1.82) is 0 Å². The fourth-order valence-corrected chi connectivity index (χ4v) is 3.67. The van der Waals surface area contributed by atoms with Crippen molar-refractivity contribution in [2.24, 2.45) is 0 Å². The maximum Gasteiger partial charge on any atom is 0.410 e. The molecule has 1 aliphatic heterocycles. The van der Waals surface area contributed by atoms with Crippen LogP contribution < -0.4 is 0 Å². The van der Waals surface area contributed by atoms with Crippen LogP contribution in [0.5, 0.6) is 0 Å². The van der Waals surface area contributed by atoms with Crippen LogP contribution in [0.2, 0.25) is 0 Å². The number of nitrogens with zero attached hydrogens (tertiary/aromatic N) is 4. The summed E-state index contributed by atoms with van der Waals surface area (Å²) < 4.78 is 32.7. The first-order chi connectivity index (χ1) is 14.7. The van der Waals surface area contributed by atoms with E-state index in [-0.39, 0.29) is 37.3 Å². The Morgan fingerprint density at radius 1 is 1.38 bits per heavy atom. The van der Waals surface area contributed by atoms with Crippen molar-refractivity contribution in [3.63, 3.8) is 0 Å².